The lowest BCUT2D eigenvalue weighted by Crippen LogP contribution is -2.29. The van der Waals surface area contributed by atoms with Crippen molar-refractivity contribution in [3.05, 3.63) is 68.8 Å². The highest BCUT2D eigenvalue weighted by Gasteiger charge is 2.09. The molecule has 0 spiro atoms. The number of non-ortho nitro benzene ring substituents is 2. The van der Waals surface area contributed by atoms with Crippen LogP contribution in [0.3, 0.4) is 0 Å². The van der Waals surface area contributed by atoms with Gasteiger partial charge in [-0.05, 0) is 25.0 Å². The topological polar surface area (TPSA) is 169 Å². The van der Waals surface area contributed by atoms with Gasteiger partial charge in [-0.15, -0.1) is 0 Å². The summed E-state index contributed by atoms with van der Waals surface area (Å²) in [5, 5.41) is 32.2. The molecule has 12 heteroatoms. The van der Waals surface area contributed by atoms with Crippen molar-refractivity contribution in [3.63, 3.8) is 0 Å². The van der Waals surface area contributed by atoms with E-state index in [1.807, 2.05) is 0 Å². The van der Waals surface area contributed by atoms with Crippen molar-refractivity contribution >= 4 is 34.8 Å². The lowest BCUT2D eigenvalue weighted by atomic mass is 10.1. The van der Waals surface area contributed by atoms with E-state index in [1.54, 1.807) is 12.1 Å². The molecule has 0 atom stereocenters. The molecule has 2 aromatic carbocycles. The van der Waals surface area contributed by atoms with E-state index in [4.69, 9.17) is 0 Å². The molecule has 194 valence electrons. The highest BCUT2D eigenvalue weighted by Crippen LogP contribution is 2.17. The first-order valence-electron chi connectivity index (χ1n) is 11.9. The Morgan fingerprint density at radius 1 is 0.611 bits per heavy atom. The first-order valence-corrected chi connectivity index (χ1v) is 11.9. The third kappa shape index (κ3) is 11.3. The summed E-state index contributed by atoms with van der Waals surface area (Å²) >= 11 is 0. The fourth-order valence-electron chi connectivity index (χ4n) is 3.46. The van der Waals surface area contributed by atoms with Gasteiger partial charge in [-0.3, -0.25) is 20.2 Å². The molecule has 2 aromatic rings. The van der Waals surface area contributed by atoms with Gasteiger partial charge in [-0.1, -0.05) is 50.7 Å². The molecule has 2 rings (SSSR count). The SMILES string of the molecule is O=C(NCCCCCCCCCCNC(=O)Nc1cccc([N+](=O)[O-])c1)Nc1cccc([N+](=O)[O-])c1. The Morgan fingerprint density at radius 2 is 0.972 bits per heavy atom. The Morgan fingerprint density at radius 3 is 1.33 bits per heavy atom. The second-order valence-corrected chi connectivity index (χ2v) is 8.21. The van der Waals surface area contributed by atoms with E-state index in [1.165, 1.54) is 36.4 Å². The molecule has 0 saturated carbocycles. The summed E-state index contributed by atoms with van der Waals surface area (Å²) in [6.07, 6.45) is 8.03. The minimum absolute atomic E-state index is 0.0762. The monoisotopic (exact) mass is 500 g/mol. The average Bonchev–Trinajstić information content (AvgIpc) is 2.85. The molecule has 0 fully saturated rings. The largest absolute Gasteiger partial charge is 0.338 e. The number of carbonyl (C=O) groups excluding carboxylic acids is 2. The van der Waals surface area contributed by atoms with Crippen molar-refractivity contribution in [2.24, 2.45) is 0 Å². The number of unbranched alkanes of at least 4 members (excludes halogenated alkanes) is 7. The van der Waals surface area contributed by atoms with Gasteiger partial charge in [-0.2, -0.15) is 0 Å². The van der Waals surface area contributed by atoms with Crippen LogP contribution in [0.5, 0.6) is 0 Å². The second-order valence-electron chi connectivity index (χ2n) is 8.21. The lowest BCUT2D eigenvalue weighted by Gasteiger charge is -2.08. The third-order valence-electron chi connectivity index (χ3n) is 5.30. The van der Waals surface area contributed by atoms with Crippen molar-refractivity contribution in [3.8, 4) is 0 Å². The lowest BCUT2D eigenvalue weighted by molar-refractivity contribution is -0.385. The smallest absolute Gasteiger partial charge is 0.319 e. The Bertz CT molecular complexity index is 950. The van der Waals surface area contributed by atoms with Gasteiger partial charge in [0.1, 0.15) is 0 Å². The summed E-state index contributed by atoms with van der Waals surface area (Å²) in [4.78, 5) is 44.3. The van der Waals surface area contributed by atoms with E-state index in [2.05, 4.69) is 21.3 Å². The first-order chi connectivity index (χ1) is 17.3. The number of urea groups is 2. The van der Waals surface area contributed by atoms with Crippen molar-refractivity contribution in [2.45, 2.75) is 51.4 Å². The van der Waals surface area contributed by atoms with Crippen molar-refractivity contribution in [1.82, 2.24) is 10.6 Å². The van der Waals surface area contributed by atoms with Gasteiger partial charge in [-0.25, -0.2) is 9.59 Å². The molecule has 0 radical (unpaired) electrons. The van der Waals surface area contributed by atoms with Crippen LogP contribution in [0, 0.1) is 20.2 Å². The molecular formula is C24H32N6O6. The van der Waals surface area contributed by atoms with Crippen LogP contribution in [0.15, 0.2) is 48.5 Å². The minimum Gasteiger partial charge on any atom is -0.338 e. The van der Waals surface area contributed by atoms with Gasteiger partial charge < -0.3 is 21.3 Å². The van der Waals surface area contributed by atoms with Crippen molar-refractivity contribution < 1.29 is 19.4 Å². The number of hydrogen-bond donors (Lipinski definition) is 4. The molecule has 0 aliphatic carbocycles. The van der Waals surface area contributed by atoms with E-state index >= 15 is 0 Å². The third-order valence-corrected chi connectivity index (χ3v) is 5.30. The molecule has 0 bridgehead atoms. The number of rotatable bonds is 15. The molecule has 12 nitrogen and oxygen atoms in total. The van der Waals surface area contributed by atoms with Crippen LogP contribution in [-0.2, 0) is 0 Å². The molecular weight excluding hydrogens is 468 g/mol. The van der Waals surface area contributed by atoms with E-state index in [-0.39, 0.29) is 23.4 Å². The maximum absolute atomic E-state index is 11.9. The molecule has 0 saturated heterocycles. The number of anilines is 2. The van der Waals surface area contributed by atoms with E-state index in [0.29, 0.717) is 24.5 Å². The maximum atomic E-state index is 11.9. The Balaban J connectivity index is 1.42. The molecule has 0 aliphatic rings. The Hall–Kier alpha value is -4.22. The molecule has 0 unspecified atom stereocenters. The van der Waals surface area contributed by atoms with Gasteiger partial charge in [0, 0.05) is 48.7 Å². The number of hydrogen-bond acceptors (Lipinski definition) is 6. The van der Waals surface area contributed by atoms with Crippen LogP contribution in [0.2, 0.25) is 0 Å². The summed E-state index contributed by atoms with van der Waals surface area (Å²) < 4.78 is 0. The van der Waals surface area contributed by atoms with Gasteiger partial charge in [0.2, 0.25) is 0 Å². The number of benzene rings is 2. The van der Waals surface area contributed by atoms with Gasteiger partial charge >= 0.3 is 12.1 Å². The van der Waals surface area contributed by atoms with E-state index in [9.17, 15) is 29.8 Å². The van der Waals surface area contributed by atoms with Gasteiger partial charge in [0.05, 0.1) is 9.85 Å². The Labute approximate surface area is 209 Å². The van der Waals surface area contributed by atoms with Crippen molar-refractivity contribution in [1.29, 1.82) is 0 Å². The number of nitro groups is 2. The molecule has 36 heavy (non-hydrogen) atoms. The Kier molecular flexibility index (Phi) is 12.2. The highest BCUT2D eigenvalue weighted by molar-refractivity contribution is 5.90. The summed E-state index contributed by atoms with van der Waals surface area (Å²) in [6.45, 7) is 1.07. The van der Waals surface area contributed by atoms with Gasteiger partial charge in [0.25, 0.3) is 11.4 Å². The number of nitrogens with zero attached hydrogens (tertiary/aromatic N) is 2. The highest BCUT2D eigenvalue weighted by atomic mass is 16.6. The standard InChI is InChI=1S/C24H32N6O6/c31-23(27-19-11-9-13-21(17-19)29(33)34)25-15-7-5-3-1-2-4-6-8-16-26-24(32)28-20-12-10-14-22(18-20)30(35)36/h9-14,17-18H,1-8,15-16H2,(H2,25,27,31)(H2,26,28,32). The van der Waals surface area contributed by atoms with Gasteiger partial charge in [0.15, 0.2) is 0 Å². The molecule has 0 aromatic heterocycles. The van der Waals surface area contributed by atoms with Crippen LogP contribution in [0.4, 0.5) is 32.3 Å². The normalized spacial score (nSPS) is 10.3. The second kappa shape index (κ2) is 15.6. The van der Waals surface area contributed by atoms with E-state index < -0.39 is 9.85 Å². The minimum atomic E-state index is -0.510. The maximum Gasteiger partial charge on any atom is 0.319 e. The predicted octanol–water partition coefficient (Wildman–Crippen LogP) is 5.57. The molecule has 4 N–H and O–H groups in total. The molecule has 0 aliphatic heterocycles. The zero-order valence-corrected chi connectivity index (χ0v) is 20.0. The summed E-state index contributed by atoms with van der Waals surface area (Å²) in [5.41, 5.74) is 0.598. The number of nitro benzene ring substituents is 2. The fourth-order valence-corrected chi connectivity index (χ4v) is 3.46. The first kappa shape index (κ1) is 28.0. The summed E-state index contributed by atoms with van der Waals surface area (Å²) in [5.74, 6) is 0. The fraction of sp³-hybridized carbons (Fsp3) is 0.417. The number of nitrogens with one attached hydrogen (secondary N) is 4. The van der Waals surface area contributed by atoms with Crippen LogP contribution < -0.4 is 21.3 Å². The summed E-state index contributed by atoms with van der Waals surface area (Å²) in [7, 11) is 0. The molecule has 0 heterocycles. The zero-order valence-electron chi connectivity index (χ0n) is 20.0. The summed E-state index contributed by atoms with van der Waals surface area (Å²) in [6, 6.07) is 10.8. The van der Waals surface area contributed by atoms with Crippen LogP contribution >= 0.6 is 0 Å². The van der Waals surface area contributed by atoms with E-state index in [0.717, 1.165) is 51.4 Å². The van der Waals surface area contributed by atoms with Crippen molar-refractivity contribution in [2.75, 3.05) is 23.7 Å². The van der Waals surface area contributed by atoms with Crippen LogP contribution in [0.1, 0.15) is 51.4 Å². The zero-order chi connectivity index (χ0) is 26.2. The van der Waals surface area contributed by atoms with Crippen LogP contribution in [-0.4, -0.2) is 35.0 Å². The van der Waals surface area contributed by atoms with Crippen LogP contribution in [0.25, 0.3) is 0 Å². The number of amides is 4. The quantitative estimate of drug-likeness (QED) is 0.142. The molecule has 4 amide bonds. The predicted molar refractivity (Wildman–Crippen MR) is 137 cm³/mol. The number of carbonyl (C=O) groups is 2. The average molecular weight is 501 g/mol.